The number of furan rings is 1. The third-order valence-corrected chi connectivity index (χ3v) is 5.66. The Bertz CT molecular complexity index is 1130. The minimum absolute atomic E-state index is 0.0366. The highest BCUT2D eigenvalue weighted by molar-refractivity contribution is 5.98. The second kappa shape index (κ2) is 8.34. The van der Waals surface area contributed by atoms with Crippen LogP contribution in [0.5, 0.6) is 5.75 Å². The van der Waals surface area contributed by atoms with Gasteiger partial charge >= 0.3 is 0 Å². The first kappa shape index (κ1) is 20.8. The highest BCUT2D eigenvalue weighted by atomic mass is 16.5. The molecule has 1 saturated heterocycles. The minimum atomic E-state index is -0.0974. The van der Waals surface area contributed by atoms with E-state index < -0.39 is 0 Å². The van der Waals surface area contributed by atoms with Crippen LogP contribution in [0.1, 0.15) is 34.7 Å². The summed E-state index contributed by atoms with van der Waals surface area (Å²) in [7, 11) is 1.60. The van der Waals surface area contributed by atoms with Gasteiger partial charge in [0.1, 0.15) is 11.4 Å². The predicted octanol–water partition coefficient (Wildman–Crippen LogP) is 3.81. The standard InChI is InChI=1S/C24H27N3O4/c1-16(2)14-27-21(13-19-9-12-31-24(19)27)23(29)25-10-11-26(17(3)15-25)22(28)18-5-7-20(30-4)8-6-18/h5-9,12-13,17H,1,10-11,14-15H2,2-4H3/t17-/m1/s1. The number of nitrogens with zero attached hydrogens (tertiary/aromatic N) is 3. The lowest BCUT2D eigenvalue weighted by Crippen LogP contribution is -2.55. The molecule has 3 aromatic rings. The number of rotatable bonds is 5. The van der Waals surface area contributed by atoms with Gasteiger partial charge in [0.2, 0.25) is 5.71 Å². The second-order valence-corrected chi connectivity index (χ2v) is 8.08. The molecule has 0 spiro atoms. The van der Waals surface area contributed by atoms with Crippen molar-refractivity contribution in [1.82, 2.24) is 14.4 Å². The molecule has 1 atom stereocenters. The van der Waals surface area contributed by atoms with Gasteiger partial charge in [-0.3, -0.25) is 9.59 Å². The fourth-order valence-corrected chi connectivity index (χ4v) is 4.08. The molecule has 162 valence electrons. The van der Waals surface area contributed by atoms with Crippen LogP contribution in [0, 0.1) is 0 Å². The summed E-state index contributed by atoms with van der Waals surface area (Å²) in [5.41, 5.74) is 2.81. The van der Waals surface area contributed by atoms with Crippen LogP contribution in [0.3, 0.4) is 0 Å². The number of ether oxygens (including phenoxy) is 1. The molecule has 2 aromatic heterocycles. The molecule has 1 aliphatic heterocycles. The highest BCUT2D eigenvalue weighted by Crippen LogP contribution is 2.25. The predicted molar refractivity (Wildman–Crippen MR) is 118 cm³/mol. The van der Waals surface area contributed by atoms with Gasteiger partial charge in [0, 0.05) is 43.2 Å². The number of carbonyl (C=O) groups excluding carboxylic acids is 2. The van der Waals surface area contributed by atoms with E-state index in [9.17, 15) is 9.59 Å². The number of piperazine rings is 1. The molecule has 0 saturated carbocycles. The molecule has 7 nitrogen and oxygen atoms in total. The summed E-state index contributed by atoms with van der Waals surface area (Å²) in [4.78, 5) is 30.0. The molecule has 1 fully saturated rings. The first-order valence-electron chi connectivity index (χ1n) is 10.3. The number of allylic oxidation sites excluding steroid dienone is 1. The van der Waals surface area contributed by atoms with E-state index in [-0.39, 0.29) is 17.9 Å². The fraction of sp³-hybridized carbons (Fsp3) is 0.333. The summed E-state index contributed by atoms with van der Waals surface area (Å²) in [6.45, 7) is 9.82. The van der Waals surface area contributed by atoms with E-state index >= 15 is 0 Å². The molecule has 31 heavy (non-hydrogen) atoms. The maximum atomic E-state index is 13.3. The molecule has 0 radical (unpaired) electrons. The van der Waals surface area contributed by atoms with Crippen molar-refractivity contribution >= 4 is 22.9 Å². The van der Waals surface area contributed by atoms with Crippen LogP contribution < -0.4 is 4.74 Å². The van der Waals surface area contributed by atoms with Crippen molar-refractivity contribution in [2.24, 2.45) is 0 Å². The van der Waals surface area contributed by atoms with Crippen molar-refractivity contribution in [1.29, 1.82) is 0 Å². The molecule has 1 aliphatic rings. The summed E-state index contributed by atoms with van der Waals surface area (Å²) < 4.78 is 12.6. The van der Waals surface area contributed by atoms with Crippen molar-refractivity contribution in [2.75, 3.05) is 26.7 Å². The third-order valence-electron chi connectivity index (χ3n) is 5.66. The van der Waals surface area contributed by atoms with Gasteiger partial charge in [-0.1, -0.05) is 12.2 Å². The van der Waals surface area contributed by atoms with E-state index in [1.54, 1.807) is 37.6 Å². The number of aromatic nitrogens is 1. The minimum Gasteiger partial charge on any atom is -0.497 e. The number of carbonyl (C=O) groups is 2. The van der Waals surface area contributed by atoms with E-state index in [1.807, 2.05) is 40.3 Å². The Balaban J connectivity index is 1.50. The molecular weight excluding hydrogens is 394 g/mol. The van der Waals surface area contributed by atoms with Crippen LogP contribution in [-0.4, -0.2) is 59.0 Å². The van der Waals surface area contributed by atoms with E-state index in [1.165, 1.54) is 0 Å². The van der Waals surface area contributed by atoms with E-state index in [0.717, 1.165) is 11.0 Å². The average molecular weight is 421 g/mol. The van der Waals surface area contributed by atoms with Gasteiger partial charge in [0.15, 0.2) is 0 Å². The molecule has 3 heterocycles. The second-order valence-electron chi connectivity index (χ2n) is 8.08. The Hall–Kier alpha value is -3.48. The van der Waals surface area contributed by atoms with E-state index in [0.29, 0.717) is 48.9 Å². The van der Waals surface area contributed by atoms with Crippen molar-refractivity contribution in [2.45, 2.75) is 26.4 Å². The quantitative estimate of drug-likeness (QED) is 0.588. The zero-order valence-electron chi connectivity index (χ0n) is 18.1. The summed E-state index contributed by atoms with van der Waals surface area (Å²) in [6, 6.07) is 10.7. The Kier molecular flexibility index (Phi) is 5.59. The number of amides is 2. The normalized spacial score (nSPS) is 16.5. The van der Waals surface area contributed by atoms with Gasteiger partial charge in [0.05, 0.1) is 13.4 Å². The Labute approximate surface area is 181 Å². The van der Waals surface area contributed by atoms with Gasteiger partial charge in [-0.25, -0.2) is 0 Å². The number of methoxy groups -OCH3 is 1. The zero-order valence-corrected chi connectivity index (χ0v) is 18.1. The molecule has 0 bridgehead atoms. The van der Waals surface area contributed by atoms with Crippen molar-refractivity contribution in [3.63, 3.8) is 0 Å². The third kappa shape index (κ3) is 3.95. The van der Waals surface area contributed by atoms with Crippen LogP contribution in [0.25, 0.3) is 11.1 Å². The zero-order chi connectivity index (χ0) is 22.1. The van der Waals surface area contributed by atoms with Crippen LogP contribution in [0.15, 0.2) is 59.2 Å². The fourth-order valence-electron chi connectivity index (χ4n) is 4.08. The first-order chi connectivity index (χ1) is 14.9. The van der Waals surface area contributed by atoms with Crippen LogP contribution in [0.4, 0.5) is 0 Å². The summed E-state index contributed by atoms with van der Waals surface area (Å²) in [6.07, 6.45) is 1.62. The lowest BCUT2D eigenvalue weighted by atomic mass is 10.1. The van der Waals surface area contributed by atoms with Gasteiger partial charge in [0.25, 0.3) is 11.8 Å². The van der Waals surface area contributed by atoms with Crippen LogP contribution in [0.2, 0.25) is 0 Å². The first-order valence-corrected chi connectivity index (χ1v) is 10.3. The van der Waals surface area contributed by atoms with E-state index in [2.05, 4.69) is 6.58 Å². The van der Waals surface area contributed by atoms with Crippen molar-refractivity contribution in [3.8, 4) is 5.75 Å². The summed E-state index contributed by atoms with van der Waals surface area (Å²) in [5.74, 6) is 0.616. The lowest BCUT2D eigenvalue weighted by molar-refractivity contribution is 0.0409. The van der Waals surface area contributed by atoms with Gasteiger partial charge < -0.3 is 23.5 Å². The van der Waals surface area contributed by atoms with Crippen molar-refractivity contribution in [3.05, 3.63) is 66.1 Å². The Morgan fingerprint density at radius 2 is 1.90 bits per heavy atom. The molecule has 1 aromatic carbocycles. The lowest BCUT2D eigenvalue weighted by Gasteiger charge is -2.40. The van der Waals surface area contributed by atoms with Gasteiger partial charge in [-0.15, -0.1) is 0 Å². The summed E-state index contributed by atoms with van der Waals surface area (Å²) >= 11 is 0. The van der Waals surface area contributed by atoms with Gasteiger partial charge in [-0.2, -0.15) is 0 Å². The molecule has 0 N–H and O–H groups in total. The number of fused-ring (bicyclic) bond motifs is 1. The summed E-state index contributed by atoms with van der Waals surface area (Å²) in [5, 5.41) is 0.894. The average Bonchev–Trinajstić information content (AvgIpc) is 3.35. The molecule has 7 heteroatoms. The van der Waals surface area contributed by atoms with Crippen molar-refractivity contribution < 1.29 is 18.7 Å². The number of hydrogen-bond acceptors (Lipinski definition) is 4. The van der Waals surface area contributed by atoms with Crippen LogP contribution in [-0.2, 0) is 6.54 Å². The molecular formula is C24H27N3O4. The molecule has 2 amide bonds. The highest BCUT2D eigenvalue weighted by Gasteiger charge is 2.32. The topological polar surface area (TPSA) is 67.9 Å². The molecule has 0 unspecified atom stereocenters. The monoisotopic (exact) mass is 421 g/mol. The maximum absolute atomic E-state index is 13.3. The largest absolute Gasteiger partial charge is 0.497 e. The molecule has 4 rings (SSSR count). The number of benzene rings is 1. The SMILES string of the molecule is C=C(C)Cn1c(C(=O)N2CCN(C(=O)c3ccc(OC)cc3)[C@H](C)C2)cc2ccoc21. The Morgan fingerprint density at radius 3 is 2.55 bits per heavy atom. The van der Waals surface area contributed by atoms with Crippen LogP contribution >= 0.6 is 0 Å². The Morgan fingerprint density at radius 1 is 1.16 bits per heavy atom. The maximum Gasteiger partial charge on any atom is 0.270 e. The van der Waals surface area contributed by atoms with Gasteiger partial charge in [-0.05, 0) is 50.2 Å². The number of hydrogen-bond donors (Lipinski definition) is 0. The van der Waals surface area contributed by atoms with E-state index in [4.69, 9.17) is 9.15 Å². The molecule has 0 aliphatic carbocycles. The smallest absolute Gasteiger partial charge is 0.270 e.